The molecule has 0 aromatic heterocycles. The van der Waals surface area contributed by atoms with Crippen LogP contribution in [0.3, 0.4) is 0 Å². The molecule has 0 bridgehead atoms. The van der Waals surface area contributed by atoms with E-state index in [9.17, 15) is 8.42 Å². The van der Waals surface area contributed by atoms with Crippen LogP contribution in [0.25, 0.3) is 10.8 Å². The van der Waals surface area contributed by atoms with Crippen molar-refractivity contribution in [1.29, 1.82) is 0 Å². The Morgan fingerprint density at radius 3 is 2.00 bits per heavy atom. The topological polar surface area (TPSA) is 142 Å². The molecule has 0 aliphatic carbocycles. The highest BCUT2D eigenvalue weighted by atomic mass is 35.7. The fraction of sp³-hybridized carbons (Fsp3) is 0.412. The Balaban J connectivity index is 0.000000696. The normalized spacial score (nSPS) is 13.9. The molecule has 0 radical (unpaired) electrons. The van der Waals surface area contributed by atoms with Gasteiger partial charge in [0.2, 0.25) is 10.0 Å². The Morgan fingerprint density at radius 2 is 1.50 bits per heavy atom. The molecule has 0 saturated carbocycles. The second kappa shape index (κ2) is 9.44. The molecule has 9 nitrogen and oxygen atoms in total. The molecule has 0 fully saturated rings. The molecule has 2 aromatic rings. The molecule has 0 saturated heterocycles. The number of fused-ring (bicyclic) bond motifs is 1. The average molecular weight is 436 g/mol. The molecule has 1 N–H and O–H groups in total. The fourth-order valence-electron chi connectivity index (χ4n) is 2.84. The average Bonchev–Trinajstić information content (AvgIpc) is 2.51. The van der Waals surface area contributed by atoms with E-state index in [4.69, 9.17) is 18.6 Å². The highest BCUT2D eigenvalue weighted by Crippen LogP contribution is 2.22. The second-order valence-corrected chi connectivity index (χ2v) is 9.76. The molecule has 1 unspecified atom stereocenters. The van der Waals surface area contributed by atoms with Crippen molar-refractivity contribution in [2.45, 2.75) is 11.1 Å². The zero-order valence-electron chi connectivity index (χ0n) is 16.5. The predicted molar refractivity (Wildman–Crippen MR) is 94.6 cm³/mol. The van der Waals surface area contributed by atoms with Crippen LogP contribution in [0.2, 0.25) is 0 Å². The Kier molecular flexibility index (Phi) is 8.33. The quantitative estimate of drug-likeness (QED) is 0.375. The van der Waals surface area contributed by atoms with E-state index in [2.05, 4.69) is 25.9 Å². The van der Waals surface area contributed by atoms with Crippen molar-refractivity contribution in [3.8, 4) is 0 Å². The number of halogens is 1. The Bertz CT molecular complexity index is 867. The minimum atomic E-state index is -4.94. The molecule has 1 atom stereocenters. The summed E-state index contributed by atoms with van der Waals surface area (Å²) < 4.78 is 62.9. The van der Waals surface area contributed by atoms with Gasteiger partial charge in [0.25, 0.3) is 0 Å². The van der Waals surface area contributed by atoms with Gasteiger partial charge in [-0.1, -0.05) is 36.4 Å². The molecule has 0 aliphatic rings. The van der Waals surface area contributed by atoms with E-state index in [-0.39, 0.29) is 6.17 Å². The first-order valence-corrected chi connectivity index (χ1v) is 10.9. The second-order valence-electron chi connectivity index (χ2n) is 7.27. The number of hydrogen-bond acceptors (Lipinski definition) is 7. The van der Waals surface area contributed by atoms with Gasteiger partial charge in [0.1, 0.15) is 0 Å². The minimum absolute atomic E-state index is 0.0414. The van der Waals surface area contributed by atoms with E-state index in [1.165, 1.54) is 0 Å². The first-order valence-electron chi connectivity index (χ1n) is 8.19. The third kappa shape index (κ3) is 7.95. The molecule has 0 aliphatic heterocycles. The molecular formula is C17H26ClN3O6S. The van der Waals surface area contributed by atoms with Crippen LogP contribution in [0.5, 0.6) is 0 Å². The van der Waals surface area contributed by atoms with Gasteiger partial charge < -0.3 is 4.48 Å². The smallest absolute Gasteiger partial charge is 0.241 e. The monoisotopic (exact) mass is 435 g/mol. The van der Waals surface area contributed by atoms with Gasteiger partial charge in [-0.15, -0.1) is 10.2 Å². The Morgan fingerprint density at radius 1 is 1.00 bits per heavy atom. The van der Waals surface area contributed by atoms with Gasteiger partial charge >= 0.3 is 0 Å². The first-order chi connectivity index (χ1) is 12.6. The fourth-order valence-corrected chi connectivity index (χ4v) is 4.10. The van der Waals surface area contributed by atoms with Crippen LogP contribution in [0, 0.1) is 10.2 Å². The van der Waals surface area contributed by atoms with E-state index >= 15 is 0 Å². The van der Waals surface area contributed by atoms with Crippen LogP contribution >= 0.6 is 0 Å². The van der Waals surface area contributed by atoms with Gasteiger partial charge in [0.15, 0.2) is 6.17 Å². The van der Waals surface area contributed by atoms with Crippen molar-refractivity contribution in [1.82, 2.24) is 9.62 Å². The van der Waals surface area contributed by atoms with Crippen molar-refractivity contribution < 1.29 is 41.8 Å². The number of nitrogens with zero attached hydrogens (tertiary/aromatic N) is 2. The predicted octanol–water partition coefficient (Wildman–Crippen LogP) is -3.04. The maximum Gasteiger partial charge on any atom is 0.241 e. The summed E-state index contributed by atoms with van der Waals surface area (Å²) in [5, 5.41) is 1.67. The summed E-state index contributed by atoms with van der Waals surface area (Å²) in [6.07, 6.45) is 0.0414. The van der Waals surface area contributed by atoms with E-state index in [1.807, 2.05) is 49.3 Å². The molecule has 0 spiro atoms. The molecule has 0 amide bonds. The number of rotatable bonds is 6. The van der Waals surface area contributed by atoms with Crippen molar-refractivity contribution in [2.75, 3.05) is 41.8 Å². The van der Waals surface area contributed by atoms with E-state index in [0.717, 1.165) is 10.8 Å². The summed E-state index contributed by atoms with van der Waals surface area (Å²) in [7, 11) is 1.57. The number of nitrogens with one attached hydrogen (secondary N) is 1. The van der Waals surface area contributed by atoms with Crippen LogP contribution in [-0.2, 0) is 10.0 Å². The van der Waals surface area contributed by atoms with Crippen LogP contribution < -0.4 is 23.4 Å². The highest BCUT2D eigenvalue weighted by Gasteiger charge is 2.28. The van der Waals surface area contributed by atoms with E-state index in [0.29, 0.717) is 15.9 Å². The van der Waals surface area contributed by atoms with E-state index in [1.54, 1.807) is 12.1 Å². The number of sulfonamides is 1. The van der Waals surface area contributed by atoms with Crippen LogP contribution in [0.15, 0.2) is 47.4 Å². The molecule has 11 heteroatoms. The minimum Gasteiger partial charge on any atom is -0.315 e. The lowest BCUT2D eigenvalue weighted by Crippen LogP contribution is -2.68. The van der Waals surface area contributed by atoms with Gasteiger partial charge in [-0.3, -0.25) is 4.90 Å². The summed E-state index contributed by atoms with van der Waals surface area (Å²) in [6.45, 7) is 0.349. The van der Waals surface area contributed by atoms with Crippen molar-refractivity contribution in [3.63, 3.8) is 0 Å². The third-order valence-electron chi connectivity index (χ3n) is 3.99. The van der Waals surface area contributed by atoms with Crippen molar-refractivity contribution in [2.24, 2.45) is 0 Å². The van der Waals surface area contributed by atoms with Gasteiger partial charge in [0.05, 0.1) is 32.6 Å². The van der Waals surface area contributed by atoms with Gasteiger partial charge in [-0.25, -0.2) is 31.8 Å². The number of benzene rings is 2. The van der Waals surface area contributed by atoms with Gasteiger partial charge in [0, 0.05) is 5.39 Å². The van der Waals surface area contributed by atoms with Crippen molar-refractivity contribution in [3.05, 3.63) is 42.5 Å². The number of hydrogen-bond donors (Lipinski definition) is 1. The van der Waals surface area contributed by atoms with Crippen molar-refractivity contribution >= 4 is 20.8 Å². The zero-order chi connectivity index (χ0) is 21.8. The molecule has 158 valence electrons. The first kappa shape index (κ1) is 24.7. The standard InChI is InChI=1S/C17H26N3O2S.ClHO4/c1-19(2)17(20(3,4)5)13-18-23(21,22)16-12-8-10-14-9-6-7-11-15(14)16;2-1(3,4)5/h6-12,17-18H,13H2,1-5H3;(H,2,3,4,5)/q+1;/p-1. The van der Waals surface area contributed by atoms with Gasteiger partial charge in [-0.05, 0) is 25.5 Å². The molecule has 28 heavy (non-hydrogen) atoms. The summed E-state index contributed by atoms with van der Waals surface area (Å²) >= 11 is 0. The summed E-state index contributed by atoms with van der Waals surface area (Å²) in [5.41, 5.74) is 0. The van der Waals surface area contributed by atoms with E-state index < -0.39 is 20.3 Å². The number of likely N-dealkylation sites (N-methyl/N-ethyl adjacent to an activating group) is 2. The summed E-state index contributed by atoms with van der Waals surface area (Å²) in [6, 6.07) is 12.9. The SMILES string of the molecule is CN(C)C(CNS(=O)(=O)c1cccc2ccccc12)[N+](C)(C)C.[O-][Cl+3]([O-])([O-])[O-]. The van der Waals surface area contributed by atoms with Crippen LogP contribution in [0.4, 0.5) is 0 Å². The van der Waals surface area contributed by atoms with Gasteiger partial charge in [-0.2, -0.15) is 0 Å². The lowest BCUT2D eigenvalue weighted by Gasteiger charge is -2.38. The lowest BCUT2D eigenvalue weighted by atomic mass is 10.1. The molecule has 0 heterocycles. The van der Waals surface area contributed by atoms with Crippen LogP contribution in [0.1, 0.15) is 0 Å². The largest absolute Gasteiger partial charge is 0.315 e. The molecular weight excluding hydrogens is 410 g/mol. The number of quaternary nitrogens is 1. The molecule has 2 rings (SSSR count). The highest BCUT2D eigenvalue weighted by molar-refractivity contribution is 7.89. The Hall–Kier alpha value is -1.34. The lowest BCUT2D eigenvalue weighted by molar-refractivity contribution is -2.00. The Labute approximate surface area is 167 Å². The zero-order valence-corrected chi connectivity index (χ0v) is 18.0. The maximum absolute atomic E-state index is 12.8. The third-order valence-corrected chi connectivity index (χ3v) is 5.47. The summed E-state index contributed by atoms with van der Waals surface area (Å²) in [4.78, 5) is 2.36. The maximum atomic E-state index is 12.8. The molecule has 2 aromatic carbocycles. The summed E-state index contributed by atoms with van der Waals surface area (Å²) in [5.74, 6) is 0. The van der Waals surface area contributed by atoms with Crippen LogP contribution in [-0.4, -0.2) is 65.7 Å².